The average molecular weight is 853 g/mol. The Balaban J connectivity index is 3.88. The molecule has 0 bridgehead atoms. The molecule has 10 nitrogen and oxygen atoms in total. The Labute approximate surface area is 359 Å². The summed E-state index contributed by atoms with van der Waals surface area (Å²) in [6, 6.07) is 0. The molecule has 0 saturated carbocycles. The highest BCUT2D eigenvalue weighted by atomic mass is 31.2. The molecule has 0 amide bonds. The minimum absolute atomic E-state index is 0.155. The Kier molecular flexibility index (Phi) is 42.0. The molecule has 342 valence electrons. The standard InChI is InChI=1S/C48H85O10P/c1-3-5-7-9-11-13-15-17-18-19-20-21-22-23-24-25-26-28-30-32-34-36-38-40-48(52)58-46(42-50)44-56-59(53,54)55-43-45(41-49)57-47(51)39-37-35-33-31-29-27-16-14-12-10-8-6-4-2/h6,8,12,14-15,17,19-20,27,29,45-46,49-50H,3-5,7,9-11,13,16,18,21-26,28,30-44H2,1-2H3,(H,53,54)/b8-6-,14-12-,17-15-,20-19-,29-27-. The molecule has 0 rings (SSSR count). The van der Waals surface area contributed by atoms with Gasteiger partial charge >= 0.3 is 19.8 Å². The first-order valence-corrected chi connectivity index (χ1v) is 24.7. The molecule has 0 aromatic carbocycles. The van der Waals surface area contributed by atoms with Gasteiger partial charge in [-0.2, -0.15) is 0 Å². The first-order chi connectivity index (χ1) is 28.8. The SMILES string of the molecule is CC/C=C\C/C=C\C/C=C\CCCCCC(=O)OC(CO)COP(=O)(O)OCC(CO)OC(=O)CCCCCCCCCCCCC/C=C\C/C=C\CCCCCCC. The number of phosphoric ester groups is 1. The van der Waals surface area contributed by atoms with Crippen LogP contribution < -0.4 is 0 Å². The topological polar surface area (TPSA) is 149 Å². The van der Waals surface area contributed by atoms with E-state index >= 15 is 0 Å². The second kappa shape index (κ2) is 43.7. The van der Waals surface area contributed by atoms with E-state index in [-0.39, 0.29) is 12.8 Å². The van der Waals surface area contributed by atoms with E-state index < -0.39 is 58.4 Å². The van der Waals surface area contributed by atoms with Crippen LogP contribution >= 0.6 is 7.82 Å². The zero-order valence-electron chi connectivity index (χ0n) is 37.2. The van der Waals surface area contributed by atoms with Gasteiger partial charge in [0.25, 0.3) is 0 Å². The van der Waals surface area contributed by atoms with E-state index in [1.807, 2.05) is 0 Å². The van der Waals surface area contributed by atoms with E-state index in [0.717, 1.165) is 64.2 Å². The average Bonchev–Trinajstić information content (AvgIpc) is 3.22. The molecule has 0 aliphatic heterocycles. The van der Waals surface area contributed by atoms with Crippen molar-refractivity contribution in [2.24, 2.45) is 0 Å². The van der Waals surface area contributed by atoms with Crippen molar-refractivity contribution in [3.63, 3.8) is 0 Å². The highest BCUT2D eigenvalue weighted by Crippen LogP contribution is 2.43. The largest absolute Gasteiger partial charge is 0.472 e. The number of hydrogen-bond donors (Lipinski definition) is 3. The van der Waals surface area contributed by atoms with Gasteiger partial charge in [0.1, 0.15) is 12.2 Å². The maximum absolute atomic E-state index is 12.4. The van der Waals surface area contributed by atoms with Crippen LogP contribution in [0.4, 0.5) is 0 Å². The second-order valence-electron chi connectivity index (χ2n) is 15.4. The first-order valence-electron chi connectivity index (χ1n) is 23.2. The van der Waals surface area contributed by atoms with Gasteiger partial charge < -0.3 is 24.6 Å². The van der Waals surface area contributed by atoms with Crippen LogP contribution in [-0.4, -0.2) is 65.7 Å². The Morgan fingerprint density at radius 2 is 0.797 bits per heavy atom. The molecular weight excluding hydrogens is 767 g/mol. The van der Waals surface area contributed by atoms with Crippen LogP contribution in [0, 0.1) is 0 Å². The summed E-state index contributed by atoms with van der Waals surface area (Å²) < 4.78 is 32.6. The lowest BCUT2D eigenvalue weighted by Gasteiger charge is -2.20. The van der Waals surface area contributed by atoms with Crippen molar-refractivity contribution in [1.82, 2.24) is 0 Å². The zero-order chi connectivity index (χ0) is 43.3. The third-order valence-electron chi connectivity index (χ3n) is 9.71. The molecule has 3 atom stereocenters. The fourth-order valence-corrected chi connectivity index (χ4v) is 6.94. The van der Waals surface area contributed by atoms with Crippen molar-refractivity contribution in [2.45, 2.75) is 206 Å². The van der Waals surface area contributed by atoms with Crippen molar-refractivity contribution in [3.8, 4) is 0 Å². The van der Waals surface area contributed by atoms with E-state index in [1.54, 1.807) is 0 Å². The number of hydrogen-bond acceptors (Lipinski definition) is 9. The zero-order valence-corrected chi connectivity index (χ0v) is 38.1. The monoisotopic (exact) mass is 853 g/mol. The van der Waals surface area contributed by atoms with Gasteiger partial charge in [-0.1, -0.05) is 164 Å². The summed E-state index contributed by atoms with van der Waals surface area (Å²) in [5, 5.41) is 19.2. The number of aliphatic hydroxyl groups excluding tert-OH is 2. The highest BCUT2D eigenvalue weighted by Gasteiger charge is 2.27. The summed E-state index contributed by atoms with van der Waals surface area (Å²) in [6.07, 6.45) is 49.2. The molecular formula is C48H85O10P. The number of ether oxygens (including phenoxy) is 2. The van der Waals surface area contributed by atoms with Crippen LogP contribution in [0.5, 0.6) is 0 Å². The van der Waals surface area contributed by atoms with Gasteiger partial charge in [0, 0.05) is 12.8 Å². The maximum atomic E-state index is 12.4. The molecule has 0 aliphatic carbocycles. The van der Waals surface area contributed by atoms with Crippen LogP contribution in [-0.2, 0) is 32.7 Å². The minimum atomic E-state index is -4.65. The van der Waals surface area contributed by atoms with Gasteiger partial charge in [0.05, 0.1) is 26.4 Å². The van der Waals surface area contributed by atoms with Crippen LogP contribution in [0.1, 0.15) is 194 Å². The Morgan fingerprint density at radius 3 is 1.17 bits per heavy atom. The summed E-state index contributed by atoms with van der Waals surface area (Å²) in [7, 11) is -4.65. The lowest BCUT2D eigenvalue weighted by molar-refractivity contribution is -0.153. The van der Waals surface area contributed by atoms with Crippen molar-refractivity contribution < 1.29 is 47.8 Å². The lowest BCUT2D eigenvalue weighted by atomic mass is 10.0. The molecule has 0 aliphatic rings. The molecule has 0 aromatic rings. The molecule has 0 radical (unpaired) electrons. The first kappa shape index (κ1) is 56.7. The van der Waals surface area contributed by atoms with E-state index in [2.05, 4.69) is 74.6 Å². The van der Waals surface area contributed by atoms with Gasteiger partial charge in [-0.05, 0) is 77.0 Å². The quantitative estimate of drug-likeness (QED) is 0.0234. The predicted octanol–water partition coefficient (Wildman–Crippen LogP) is 12.7. The second-order valence-corrected chi connectivity index (χ2v) is 16.8. The molecule has 3 unspecified atom stereocenters. The van der Waals surface area contributed by atoms with Crippen LogP contribution in [0.3, 0.4) is 0 Å². The summed E-state index contributed by atoms with van der Waals surface area (Å²) in [5.41, 5.74) is 0. The smallest absolute Gasteiger partial charge is 0.457 e. The molecule has 0 saturated heterocycles. The summed E-state index contributed by atoms with van der Waals surface area (Å²) in [4.78, 5) is 34.5. The Hall–Kier alpha value is -2.33. The third kappa shape index (κ3) is 42.2. The van der Waals surface area contributed by atoms with Gasteiger partial charge in [0.15, 0.2) is 0 Å². The fourth-order valence-electron chi connectivity index (χ4n) is 6.16. The predicted molar refractivity (Wildman–Crippen MR) is 242 cm³/mol. The number of esters is 2. The summed E-state index contributed by atoms with van der Waals surface area (Å²) >= 11 is 0. The molecule has 0 spiro atoms. The number of carbonyl (C=O) groups is 2. The number of unbranched alkanes of at least 4 members (excludes halogenated alkanes) is 19. The maximum Gasteiger partial charge on any atom is 0.472 e. The molecule has 0 aromatic heterocycles. The fraction of sp³-hybridized carbons (Fsp3) is 0.750. The van der Waals surface area contributed by atoms with Gasteiger partial charge in [0.2, 0.25) is 0 Å². The van der Waals surface area contributed by atoms with E-state index in [0.29, 0.717) is 12.8 Å². The Morgan fingerprint density at radius 1 is 0.475 bits per heavy atom. The number of rotatable bonds is 43. The molecule has 11 heteroatoms. The Bertz CT molecular complexity index is 1160. The van der Waals surface area contributed by atoms with E-state index in [1.165, 1.54) is 89.9 Å². The summed E-state index contributed by atoms with van der Waals surface area (Å²) in [5.74, 6) is -1.05. The lowest BCUT2D eigenvalue weighted by Crippen LogP contribution is -2.28. The van der Waals surface area contributed by atoms with Crippen LogP contribution in [0.25, 0.3) is 0 Å². The van der Waals surface area contributed by atoms with Crippen molar-refractivity contribution in [2.75, 3.05) is 26.4 Å². The highest BCUT2D eigenvalue weighted by molar-refractivity contribution is 7.47. The molecule has 0 fully saturated rings. The van der Waals surface area contributed by atoms with E-state index in [4.69, 9.17) is 18.5 Å². The number of aliphatic hydroxyl groups is 2. The van der Waals surface area contributed by atoms with Gasteiger partial charge in [-0.25, -0.2) is 4.57 Å². The third-order valence-corrected chi connectivity index (χ3v) is 10.7. The van der Waals surface area contributed by atoms with E-state index in [9.17, 15) is 29.3 Å². The number of phosphoric acid groups is 1. The molecule has 0 heterocycles. The van der Waals surface area contributed by atoms with Gasteiger partial charge in [-0.15, -0.1) is 0 Å². The van der Waals surface area contributed by atoms with Crippen molar-refractivity contribution >= 4 is 19.8 Å². The van der Waals surface area contributed by atoms with Crippen LogP contribution in [0.2, 0.25) is 0 Å². The van der Waals surface area contributed by atoms with Crippen LogP contribution in [0.15, 0.2) is 60.8 Å². The molecule has 3 N–H and O–H groups in total. The van der Waals surface area contributed by atoms with Gasteiger partial charge in [-0.3, -0.25) is 18.6 Å². The summed E-state index contributed by atoms with van der Waals surface area (Å²) in [6.45, 7) is 2.05. The molecule has 59 heavy (non-hydrogen) atoms. The minimum Gasteiger partial charge on any atom is -0.457 e. The van der Waals surface area contributed by atoms with Crippen molar-refractivity contribution in [3.05, 3.63) is 60.8 Å². The number of allylic oxidation sites excluding steroid dienone is 10. The number of carbonyl (C=O) groups excluding carboxylic acids is 2. The van der Waals surface area contributed by atoms with Crippen molar-refractivity contribution in [1.29, 1.82) is 0 Å². The normalized spacial score (nSPS) is 14.3.